The van der Waals surface area contributed by atoms with E-state index in [0.717, 1.165) is 19.4 Å². The molecule has 0 unspecified atom stereocenters. The molecule has 1 aliphatic heterocycles. The molecule has 98 valence electrons. The Bertz CT molecular complexity index is 434. The van der Waals surface area contributed by atoms with Crippen molar-refractivity contribution in [1.29, 1.82) is 0 Å². The number of hydrogen-bond donors (Lipinski definition) is 2. The first-order valence-corrected chi connectivity index (χ1v) is 6.52. The first-order chi connectivity index (χ1) is 8.65. The number of rotatable bonds is 3. The molecule has 0 bridgehead atoms. The van der Waals surface area contributed by atoms with Crippen LogP contribution in [-0.4, -0.2) is 25.3 Å². The Hall–Kier alpha value is -0.970. The van der Waals surface area contributed by atoms with Crippen molar-refractivity contribution < 1.29 is 9.53 Å². The van der Waals surface area contributed by atoms with Gasteiger partial charge in [-0.1, -0.05) is 23.2 Å². The summed E-state index contributed by atoms with van der Waals surface area (Å²) in [5.74, 6) is 0. The summed E-state index contributed by atoms with van der Waals surface area (Å²) in [6, 6.07) is 4.62. The molecular formula is C12H14Cl2N2O2. The second-order valence-corrected chi connectivity index (χ2v) is 4.94. The first-order valence-electron chi connectivity index (χ1n) is 5.76. The zero-order valence-corrected chi connectivity index (χ0v) is 11.2. The van der Waals surface area contributed by atoms with Gasteiger partial charge in [0.25, 0.3) is 0 Å². The van der Waals surface area contributed by atoms with Crippen molar-refractivity contribution in [1.82, 2.24) is 5.32 Å². The lowest BCUT2D eigenvalue weighted by atomic mass is 10.2. The third-order valence-electron chi connectivity index (χ3n) is 2.69. The van der Waals surface area contributed by atoms with Crippen molar-refractivity contribution in [2.75, 3.05) is 18.5 Å². The lowest BCUT2D eigenvalue weighted by Crippen LogP contribution is -2.35. The van der Waals surface area contributed by atoms with E-state index in [0.29, 0.717) is 22.3 Å². The summed E-state index contributed by atoms with van der Waals surface area (Å²) in [5.41, 5.74) is 0.533. The van der Waals surface area contributed by atoms with Gasteiger partial charge in [0.05, 0.1) is 16.8 Å². The van der Waals surface area contributed by atoms with E-state index in [1.165, 1.54) is 0 Å². The molecular weight excluding hydrogens is 275 g/mol. The Labute approximate surface area is 116 Å². The molecule has 1 atom stereocenters. The fraction of sp³-hybridized carbons (Fsp3) is 0.417. The van der Waals surface area contributed by atoms with Crippen molar-refractivity contribution in [3.8, 4) is 0 Å². The van der Waals surface area contributed by atoms with Crippen LogP contribution in [-0.2, 0) is 4.74 Å². The van der Waals surface area contributed by atoms with Crippen molar-refractivity contribution in [3.05, 3.63) is 28.2 Å². The number of amides is 2. The number of anilines is 1. The summed E-state index contributed by atoms with van der Waals surface area (Å²) in [5, 5.41) is 6.36. The topological polar surface area (TPSA) is 50.4 Å². The van der Waals surface area contributed by atoms with E-state index in [2.05, 4.69) is 10.6 Å². The molecule has 6 heteroatoms. The Morgan fingerprint density at radius 2 is 2.28 bits per heavy atom. The Balaban J connectivity index is 1.82. The molecule has 1 saturated heterocycles. The smallest absolute Gasteiger partial charge is 0.319 e. The molecule has 0 radical (unpaired) electrons. The van der Waals surface area contributed by atoms with E-state index in [1.54, 1.807) is 18.2 Å². The van der Waals surface area contributed by atoms with E-state index >= 15 is 0 Å². The molecule has 0 spiro atoms. The van der Waals surface area contributed by atoms with Crippen molar-refractivity contribution in [2.45, 2.75) is 18.9 Å². The number of halogens is 2. The number of ether oxygens (including phenoxy) is 1. The van der Waals surface area contributed by atoms with Crippen LogP contribution in [0.15, 0.2) is 18.2 Å². The van der Waals surface area contributed by atoms with Crippen LogP contribution >= 0.6 is 23.2 Å². The summed E-state index contributed by atoms with van der Waals surface area (Å²) in [6.45, 7) is 1.29. The molecule has 0 aromatic heterocycles. The van der Waals surface area contributed by atoms with Gasteiger partial charge in [-0.3, -0.25) is 0 Å². The number of benzene rings is 1. The van der Waals surface area contributed by atoms with Gasteiger partial charge in [-0.15, -0.1) is 0 Å². The molecule has 1 aliphatic rings. The van der Waals surface area contributed by atoms with E-state index in [1.807, 2.05) is 0 Å². The average Bonchev–Trinajstić information content (AvgIpc) is 2.83. The van der Waals surface area contributed by atoms with Crippen LogP contribution in [0.5, 0.6) is 0 Å². The Kier molecular flexibility index (Phi) is 4.69. The van der Waals surface area contributed by atoms with E-state index in [9.17, 15) is 4.79 Å². The molecule has 2 rings (SSSR count). The largest absolute Gasteiger partial charge is 0.376 e. The number of hydrogen-bond acceptors (Lipinski definition) is 2. The number of nitrogens with one attached hydrogen (secondary N) is 2. The predicted molar refractivity (Wildman–Crippen MR) is 72.5 cm³/mol. The zero-order chi connectivity index (χ0) is 13.0. The number of urea groups is 1. The molecule has 1 heterocycles. The van der Waals surface area contributed by atoms with Gasteiger partial charge >= 0.3 is 6.03 Å². The standard InChI is InChI=1S/C12H14Cl2N2O2/c13-8-3-4-11(10(14)6-8)16-12(17)15-7-9-2-1-5-18-9/h3-4,6,9H,1-2,5,7H2,(H2,15,16,17)/t9-/m0/s1. The van der Waals surface area contributed by atoms with Crippen LogP contribution in [0.4, 0.5) is 10.5 Å². The number of carbonyl (C=O) groups excluding carboxylic acids is 1. The molecule has 1 aromatic carbocycles. The summed E-state index contributed by atoms with van der Waals surface area (Å²) in [6.07, 6.45) is 2.16. The zero-order valence-electron chi connectivity index (χ0n) is 9.71. The van der Waals surface area contributed by atoms with Crippen molar-refractivity contribution in [3.63, 3.8) is 0 Å². The molecule has 1 aromatic rings. The lowest BCUT2D eigenvalue weighted by molar-refractivity contribution is 0.112. The molecule has 2 N–H and O–H groups in total. The highest BCUT2D eigenvalue weighted by Gasteiger charge is 2.16. The molecule has 18 heavy (non-hydrogen) atoms. The summed E-state index contributed by atoms with van der Waals surface area (Å²) in [4.78, 5) is 11.6. The molecule has 4 nitrogen and oxygen atoms in total. The van der Waals surface area contributed by atoms with Crippen LogP contribution in [0.3, 0.4) is 0 Å². The highest BCUT2D eigenvalue weighted by Crippen LogP contribution is 2.25. The quantitative estimate of drug-likeness (QED) is 0.897. The van der Waals surface area contributed by atoms with Gasteiger partial charge < -0.3 is 15.4 Å². The SMILES string of the molecule is O=C(NC[C@@H]1CCCO1)Nc1ccc(Cl)cc1Cl. The van der Waals surface area contributed by atoms with Crippen molar-refractivity contribution >= 4 is 34.9 Å². The van der Waals surface area contributed by atoms with Crippen molar-refractivity contribution in [2.24, 2.45) is 0 Å². The van der Waals surface area contributed by atoms with Crippen LogP contribution in [0.25, 0.3) is 0 Å². The minimum Gasteiger partial charge on any atom is -0.376 e. The summed E-state index contributed by atoms with van der Waals surface area (Å²) >= 11 is 11.7. The van der Waals surface area contributed by atoms with Gasteiger partial charge in [-0.05, 0) is 31.0 Å². The van der Waals surface area contributed by atoms with Gasteiger partial charge in [0.2, 0.25) is 0 Å². The van der Waals surface area contributed by atoms with Crippen LogP contribution in [0.1, 0.15) is 12.8 Å². The number of carbonyl (C=O) groups is 1. The van der Waals surface area contributed by atoms with Crippen LogP contribution in [0, 0.1) is 0 Å². The highest BCUT2D eigenvalue weighted by molar-refractivity contribution is 6.36. The predicted octanol–water partition coefficient (Wildman–Crippen LogP) is 3.29. The monoisotopic (exact) mass is 288 g/mol. The van der Waals surface area contributed by atoms with Gasteiger partial charge in [-0.2, -0.15) is 0 Å². The van der Waals surface area contributed by atoms with Gasteiger partial charge in [0, 0.05) is 18.2 Å². The van der Waals surface area contributed by atoms with E-state index in [4.69, 9.17) is 27.9 Å². The third-order valence-corrected chi connectivity index (χ3v) is 3.24. The fourth-order valence-corrected chi connectivity index (χ4v) is 2.22. The van der Waals surface area contributed by atoms with E-state index in [-0.39, 0.29) is 12.1 Å². The maximum atomic E-state index is 11.6. The summed E-state index contributed by atoms with van der Waals surface area (Å²) < 4.78 is 5.41. The normalized spacial score (nSPS) is 18.7. The molecule has 0 saturated carbocycles. The lowest BCUT2D eigenvalue weighted by Gasteiger charge is -2.12. The maximum absolute atomic E-state index is 11.6. The minimum atomic E-state index is -0.297. The van der Waals surface area contributed by atoms with Gasteiger partial charge in [0.1, 0.15) is 0 Å². The molecule has 1 fully saturated rings. The second-order valence-electron chi connectivity index (χ2n) is 4.09. The van der Waals surface area contributed by atoms with Gasteiger partial charge in [0.15, 0.2) is 0 Å². The Morgan fingerprint density at radius 1 is 1.44 bits per heavy atom. The average molecular weight is 289 g/mol. The molecule has 2 amide bonds. The molecule has 0 aliphatic carbocycles. The first kappa shape index (κ1) is 13.5. The fourth-order valence-electron chi connectivity index (χ4n) is 1.77. The summed E-state index contributed by atoms with van der Waals surface area (Å²) in [7, 11) is 0. The van der Waals surface area contributed by atoms with Gasteiger partial charge in [-0.25, -0.2) is 4.79 Å². The second kappa shape index (κ2) is 6.27. The third kappa shape index (κ3) is 3.77. The maximum Gasteiger partial charge on any atom is 0.319 e. The van der Waals surface area contributed by atoms with E-state index < -0.39 is 0 Å². The minimum absolute atomic E-state index is 0.122. The van der Waals surface area contributed by atoms with Crippen LogP contribution < -0.4 is 10.6 Å². The highest BCUT2D eigenvalue weighted by atomic mass is 35.5. The Morgan fingerprint density at radius 3 is 2.94 bits per heavy atom. The van der Waals surface area contributed by atoms with Crippen LogP contribution in [0.2, 0.25) is 10.0 Å².